The van der Waals surface area contributed by atoms with Crippen molar-refractivity contribution in [3.8, 4) is 22.4 Å². The molecule has 29 heavy (non-hydrogen) atoms. The molecule has 1 aromatic carbocycles. The van der Waals surface area contributed by atoms with Crippen molar-refractivity contribution in [2.75, 3.05) is 0 Å². The van der Waals surface area contributed by atoms with Crippen LogP contribution in [0, 0.1) is 6.92 Å². The largest absolute Gasteiger partial charge is 0.331 e. The molecule has 4 aromatic rings. The molecule has 150 valence electrons. The van der Waals surface area contributed by atoms with Crippen LogP contribution < -0.4 is 0 Å². The average Bonchev–Trinajstić information content (AvgIpc) is 3.25. The first-order chi connectivity index (χ1) is 13.7. The minimum atomic E-state index is -3.41. The molecule has 3 heterocycles. The summed E-state index contributed by atoms with van der Waals surface area (Å²) < 4.78 is 43.2. The SMILES string of the molecule is Cc1nc2cc(-c3ncccc3-c3cnn(CC(F)C(C)(F)F)c3)ccc2n1C. The van der Waals surface area contributed by atoms with E-state index >= 15 is 0 Å². The number of halogens is 3. The number of hydrogen-bond acceptors (Lipinski definition) is 3. The minimum absolute atomic E-state index is 0.516. The highest BCUT2D eigenvalue weighted by Crippen LogP contribution is 2.32. The van der Waals surface area contributed by atoms with Gasteiger partial charge in [-0.1, -0.05) is 12.1 Å². The molecule has 0 bridgehead atoms. The third-order valence-electron chi connectivity index (χ3n) is 5.03. The third-order valence-corrected chi connectivity index (χ3v) is 5.03. The minimum Gasteiger partial charge on any atom is -0.331 e. The molecular formula is C21H20F3N5. The summed E-state index contributed by atoms with van der Waals surface area (Å²) in [5.74, 6) is -2.50. The van der Waals surface area contributed by atoms with Crippen molar-refractivity contribution in [1.82, 2.24) is 24.3 Å². The van der Waals surface area contributed by atoms with E-state index in [1.807, 2.05) is 42.8 Å². The van der Waals surface area contributed by atoms with E-state index in [2.05, 4.69) is 15.1 Å². The smallest absolute Gasteiger partial charge is 0.277 e. The Labute approximate surface area is 165 Å². The molecule has 0 fully saturated rings. The Hall–Kier alpha value is -3.16. The first kappa shape index (κ1) is 19.2. The predicted molar refractivity (Wildman–Crippen MR) is 105 cm³/mol. The lowest BCUT2D eigenvalue weighted by Crippen LogP contribution is -2.30. The molecule has 0 amide bonds. The number of fused-ring (bicyclic) bond motifs is 1. The van der Waals surface area contributed by atoms with Crippen LogP contribution in [0.4, 0.5) is 13.2 Å². The third kappa shape index (κ3) is 3.62. The second-order valence-corrected chi connectivity index (χ2v) is 7.20. The maximum absolute atomic E-state index is 13.7. The molecule has 0 aliphatic heterocycles. The number of imidazole rings is 1. The van der Waals surface area contributed by atoms with Gasteiger partial charge in [-0.25, -0.2) is 18.2 Å². The lowest BCUT2D eigenvalue weighted by molar-refractivity contribution is -0.0620. The van der Waals surface area contributed by atoms with Gasteiger partial charge in [-0.05, 0) is 25.1 Å². The molecule has 3 aromatic heterocycles. The molecular weight excluding hydrogens is 379 g/mol. The monoisotopic (exact) mass is 399 g/mol. The van der Waals surface area contributed by atoms with Crippen molar-refractivity contribution in [3.63, 3.8) is 0 Å². The summed E-state index contributed by atoms with van der Waals surface area (Å²) in [6.45, 7) is 1.99. The van der Waals surface area contributed by atoms with E-state index < -0.39 is 18.6 Å². The number of benzene rings is 1. The van der Waals surface area contributed by atoms with Crippen molar-refractivity contribution in [2.45, 2.75) is 32.5 Å². The van der Waals surface area contributed by atoms with E-state index in [9.17, 15) is 13.2 Å². The maximum atomic E-state index is 13.7. The fourth-order valence-corrected chi connectivity index (χ4v) is 3.26. The van der Waals surface area contributed by atoms with Gasteiger partial charge in [-0.3, -0.25) is 9.67 Å². The van der Waals surface area contributed by atoms with E-state index in [1.54, 1.807) is 18.5 Å². The number of rotatable bonds is 5. The van der Waals surface area contributed by atoms with Crippen molar-refractivity contribution >= 4 is 11.0 Å². The van der Waals surface area contributed by atoms with Crippen LogP contribution in [0.3, 0.4) is 0 Å². The fraction of sp³-hybridized carbons (Fsp3) is 0.286. The Morgan fingerprint density at radius 3 is 2.72 bits per heavy atom. The summed E-state index contributed by atoms with van der Waals surface area (Å²) in [7, 11) is 1.96. The number of aryl methyl sites for hydroxylation is 2. The Kier molecular flexibility index (Phi) is 4.64. The zero-order valence-corrected chi connectivity index (χ0v) is 16.3. The van der Waals surface area contributed by atoms with Crippen LogP contribution >= 0.6 is 0 Å². The summed E-state index contributed by atoms with van der Waals surface area (Å²) in [5.41, 5.74) is 4.94. The van der Waals surface area contributed by atoms with Gasteiger partial charge in [0.05, 0.1) is 29.5 Å². The van der Waals surface area contributed by atoms with Gasteiger partial charge in [-0.15, -0.1) is 0 Å². The second-order valence-electron chi connectivity index (χ2n) is 7.20. The van der Waals surface area contributed by atoms with Gasteiger partial charge in [0, 0.05) is 43.1 Å². The molecule has 8 heteroatoms. The van der Waals surface area contributed by atoms with Gasteiger partial charge >= 0.3 is 0 Å². The number of pyridine rings is 1. The van der Waals surface area contributed by atoms with Crippen LogP contribution in [-0.2, 0) is 13.6 Å². The first-order valence-corrected chi connectivity index (χ1v) is 9.17. The highest BCUT2D eigenvalue weighted by Gasteiger charge is 2.34. The molecule has 1 atom stereocenters. The van der Waals surface area contributed by atoms with Gasteiger partial charge < -0.3 is 4.57 Å². The lowest BCUT2D eigenvalue weighted by atomic mass is 10.0. The summed E-state index contributed by atoms with van der Waals surface area (Å²) in [5, 5.41) is 4.05. The number of nitrogens with zero attached hydrogens (tertiary/aromatic N) is 5. The molecule has 0 saturated heterocycles. The Morgan fingerprint density at radius 1 is 1.17 bits per heavy atom. The van der Waals surface area contributed by atoms with Gasteiger partial charge in [0.25, 0.3) is 5.92 Å². The van der Waals surface area contributed by atoms with Crippen LogP contribution in [0.1, 0.15) is 12.7 Å². The normalized spacial score (nSPS) is 13.2. The quantitative estimate of drug-likeness (QED) is 0.484. The van der Waals surface area contributed by atoms with Crippen LogP contribution in [0.5, 0.6) is 0 Å². The van der Waals surface area contributed by atoms with Crippen LogP contribution in [0.25, 0.3) is 33.4 Å². The van der Waals surface area contributed by atoms with E-state index in [1.165, 1.54) is 10.9 Å². The Bertz CT molecular complexity index is 1170. The van der Waals surface area contributed by atoms with Crippen LogP contribution in [0.15, 0.2) is 48.9 Å². The highest BCUT2D eigenvalue weighted by molar-refractivity contribution is 5.86. The van der Waals surface area contributed by atoms with Gasteiger partial charge in [0.15, 0.2) is 6.17 Å². The summed E-state index contributed by atoms with van der Waals surface area (Å²) in [4.78, 5) is 9.07. The van der Waals surface area contributed by atoms with Gasteiger partial charge in [0.2, 0.25) is 0 Å². The molecule has 5 nitrogen and oxygen atoms in total. The molecule has 0 aliphatic carbocycles. The molecule has 4 rings (SSSR count). The van der Waals surface area contributed by atoms with Crippen molar-refractivity contribution in [1.29, 1.82) is 0 Å². The zero-order valence-electron chi connectivity index (χ0n) is 16.3. The Morgan fingerprint density at radius 2 is 1.97 bits per heavy atom. The van der Waals surface area contributed by atoms with Gasteiger partial charge in [-0.2, -0.15) is 5.10 Å². The molecule has 0 N–H and O–H groups in total. The highest BCUT2D eigenvalue weighted by atomic mass is 19.3. The van der Waals surface area contributed by atoms with Crippen molar-refractivity contribution < 1.29 is 13.2 Å². The standard InChI is InChI=1S/C21H20F3N5/c1-13-27-17-9-14(6-7-18(17)28(13)3)20-16(5-4-8-25-20)15-10-26-29(11-15)12-19(22)21(2,23)24/h4-11,19H,12H2,1-3H3. The lowest BCUT2D eigenvalue weighted by Gasteiger charge is -2.15. The first-order valence-electron chi connectivity index (χ1n) is 9.17. The van der Waals surface area contributed by atoms with E-state index in [4.69, 9.17) is 0 Å². The second kappa shape index (κ2) is 7.02. The van der Waals surface area contributed by atoms with Gasteiger partial charge in [0.1, 0.15) is 5.82 Å². The van der Waals surface area contributed by atoms with Crippen LogP contribution in [-0.4, -0.2) is 36.4 Å². The van der Waals surface area contributed by atoms with Crippen molar-refractivity contribution in [2.24, 2.45) is 7.05 Å². The number of hydrogen-bond donors (Lipinski definition) is 0. The molecule has 1 unspecified atom stereocenters. The summed E-state index contributed by atoms with van der Waals surface area (Å²) in [6.07, 6.45) is 2.47. The number of aromatic nitrogens is 5. The summed E-state index contributed by atoms with van der Waals surface area (Å²) >= 11 is 0. The molecule has 0 saturated carbocycles. The summed E-state index contributed by atoms with van der Waals surface area (Å²) in [6, 6.07) is 9.59. The molecule has 0 aliphatic rings. The van der Waals surface area contributed by atoms with Crippen LogP contribution in [0.2, 0.25) is 0 Å². The topological polar surface area (TPSA) is 48.5 Å². The predicted octanol–water partition coefficient (Wildman–Crippen LogP) is 4.80. The van der Waals surface area contributed by atoms with Crippen molar-refractivity contribution in [3.05, 3.63) is 54.7 Å². The zero-order chi connectivity index (χ0) is 20.8. The average molecular weight is 399 g/mol. The van der Waals surface area contributed by atoms with E-state index in [-0.39, 0.29) is 0 Å². The number of alkyl halides is 3. The molecule has 0 radical (unpaired) electrons. The fourth-order valence-electron chi connectivity index (χ4n) is 3.26. The maximum Gasteiger partial charge on any atom is 0.277 e. The van der Waals surface area contributed by atoms with E-state index in [0.29, 0.717) is 12.5 Å². The van der Waals surface area contributed by atoms with E-state index in [0.717, 1.165) is 33.7 Å². The Balaban J connectivity index is 1.71. The molecule has 0 spiro atoms.